The van der Waals surface area contributed by atoms with E-state index in [1.54, 1.807) is 0 Å². The fraction of sp³-hybridized carbons (Fsp3) is 0.963. The van der Waals surface area contributed by atoms with Gasteiger partial charge in [-0.25, -0.2) is 0 Å². The van der Waals surface area contributed by atoms with Gasteiger partial charge in [0.15, 0.2) is 0 Å². The molecule has 536 valence electrons. The van der Waals surface area contributed by atoms with Crippen LogP contribution in [-0.4, -0.2) is 129 Å². The zero-order valence-corrected chi connectivity index (χ0v) is 60.8. The molecule has 0 spiro atoms. The van der Waals surface area contributed by atoms with E-state index in [0.717, 1.165) is 135 Å². The molecule has 0 aromatic carbocycles. The van der Waals surface area contributed by atoms with E-state index in [-0.39, 0.29) is 86.8 Å². The Morgan fingerprint density at radius 2 is 0.617 bits per heavy atom. The summed E-state index contributed by atoms with van der Waals surface area (Å²) in [4.78, 5) is 43.3. The molecule has 0 aromatic rings. The Kier molecular flexibility index (Phi) is 22.1. The highest BCUT2D eigenvalue weighted by atomic mass is 16.3. The minimum atomic E-state index is -0.276. The zero-order valence-electron chi connectivity index (χ0n) is 60.8. The number of nitrogens with zero attached hydrogens (tertiary/aromatic N) is 1. The van der Waals surface area contributed by atoms with Gasteiger partial charge in [0, 0.05) is 38.9 Å². The summed E-state index contributed by atoms with van der Waals surface area (Å²) in [6.45, 7) is 26.6. The lowest BCUT2D eigenvalue weighted by molar-refractivity contribution is -0.174. The van der Waals surface area contributed by atoms with Crippen LogP contribution in [0.5, 0.6) is 0 Å². The summed E-state index contributed by atoms with van der Waals surface area (Å²) in [5.74, 6) is 8.90. The second-order valence-electron chi connectivity index (χ2n) is 37.9. The highest BCUT2D eigenvalue weighted by Crippen LogP contribution is 2.72. The number of amides is 3. The molecule has 13 heteroatoms. The average molecular weight is 1310 g/mol. The minimum Gasteiger partial charge on any atom is -0.393 e. The molecule has 12 rings (SSSR count). The monoisotopic (exact) mass is 1310 g/mol. The van der Waals surface area contributed by atoms with Gasteiger partial charge in [-0.3, -0.25) is 14.4 Å². The Hall–Kier alpha value is -1.87. The van der Waals surface area contributed by atoms with Crippen molar-refractivity contribution < 1.29 is 45.0 Å². The third-order valence-corrected chi connectivity index (χ3v) is 33.6. The van der Waals surface area contributed by atoms with Crippen molar-refractivity contribution in [2.45, 2.75) is 311 Å². The van der Waals surface area contributed by atoms with E-state index >= 15 is 0 Å². The Morgan fingerprint density at radius 3 is 0.894 bits per heavy atom. The van der Waals surface area contributed by atoms with Gasteiger partial charge in [0.05, 0.1) is 36.6 Å². The molecule has 0 bridgehead atoms. The van der Waals surface area contributed by atoms with Crippen LogP contribution in [0.4, 0.5) is 0 Å². The highest BCUT2D eigenvalue weighted by Gasteiger charge is 2.66. The van der Waals surface area contributed by atoms with Crippen LogP contribution in [0.15, 0.2) is 0 Å². The quantitative estimate of drug-likeness (QED) is 0.0417. The number of hydrogen-bond acceptors (Lipinski definition) is 10. The van der Waals surface area contributed by atoms with Crippen molar-refractivity contribution in [3.63, 3.8) is 0 Å². The topological polar surface area (TPSA) is 212 Å². The summed E-state index contributed by atoms with van der Waals surface area (Å²) in [6, 6.07) is 0. The van der Waals surface area contributed by atoms with E-state index in [0.29, 0.717) is 145 Å². The molecule has 12 aliphatic carbocycles. The fourth-order valence-corrected chi connectivity index (χ4v) is 28.4. The first-order valence-electron chi connectivity index (χ1n) is 40.3. The molecule has 12 fully saturated rings. The molecule has 0 unspecified atom stereocenters. The summed E-state index contributed by atoms with van der Waals surface area (Å²) >= 11 is 0. The number of carbonyl (C=O) groups excluding carboxylic acids is 3. The molecule has 12 aliphatic rings. The number of fused-ring (bicyclic) bond motifs is 15. The summed E-state index contributed by atoms with van der Waals surface area (Å²) in [5, 5.41) is 77.0. The Labute approximate surface area is 570 Å². The number of aliphatic hydroxyl groups is 6. The number of nitrogens with one attached hydrogen (secondary N) is 3. The molecule has 0 radical (unpaired) electrons. The number of aliphatic hydroxyl groups excluding tert-OH is 6. The lowest BCUT2D eigenvalue weighted by Gasteiger charge is -2.62. The van der Waals surface area contributed by atoms with Crippen molar-refractivity contribution in [2.24, 2.45) is 139 Å². The van der Waals surface area contributed by atoms with Crippen molar-refractivity contribution in [2.75, 3.05) is 39.3 Å². The molecule has 94 heavy (non-hydrogen) atoms. The van der Waals surface area contributed by atoms with E-state index in [4.69, 9.17) is 0 Å². The molecule has 30 atom stereocenters. The van der Waals surface area contributed by atoms with Crippen molar-refractivity contribution in [1.82, 2.24) is 20.9 Å². The normalized spacial score (nSPS) is 47.8. The molecule has 0 heterocycles. The van der Waals surface area contributed by atoms with Gasteiger partial charge in [0.2, 0.25) is 17.7 Å². The first kappa shape index (κ1) is 71.9. The fourth-order valence-electron chi connectivity index (χ4n) is 28.4. The van der Waals surface area contributed by atoms with Gasteiger partial charge in [0.1, 0.15) is 0 Å². The molecule has 12 saturated carbocycles. The smallest absolute Gasteiger partial charge is 0.220 e. The minimum absolute atomic E-state index is 0.134. The van der Waals surface area contributed by atoms with Crippen LogP contribution in [-0.2, 0) is 14.4 Å². The molecule has 0 aliphatic heterocycles. The maximum atomic E-state index is 13.6. The molecular formula is C81H138N4O9. The van der Waals surface area contributed by atoms with E-state index in [9.17, 15) is 45.0 Å². The summed E-state index contributed by atoms with van der Waals surface area (Å²) < 4.78 is 0. The maximum absolute atomic E-state index is 13.6. The van der Waals surface area contributed by atoms with Gasteiger partial charge >= 0.3 is 0 Å². The lowest BCUT2D eigenvalue weighted by Crippen LogP contribution is -2.58. The third kappa shape index (κ3) is 13.6. The highest BCUT2D eigenvalue weighted by molar-refractivity contribution is 5.76. The predicted molar refractivity (Wildman–Crippen MR) is 372 cm³/mol. The molecule has 0 aromatic heterocycles. The zero-order chi connectivity index (χ0) is 66.9. The summed E-state index contributed by atoms with van der Waals surface area (Å²) in [5.41, 5.74) is 1.24. The second-order valence-corrected chi connectivity index (χ2v) is 37.9. The van der Waals surface area contributed by atoms with Gasteiger partial charge in [0.25, 0.3) is 0 Å². The van der Waals surface area contributed by atoms with Crippen LogP contribution < -0.4 is 16.0 Å². The Balaban J connectivity index is 0.590. The van der Waals surface area contributed by atoms with E-state index < -0.39 is 0 Å². The molecule has 3 amide bonds. The van der Waals surface area contributed by atoms with Crippen LogP contribution in [0.1, 0.15) is 274 Å². The van der Waals surface area contributed by atoms with Gasteiger partial charge in [-0.1, -0.05) is 62.3 Å². The van der Waals surface area contributed by atoms with E-state index in [1.807, 2.05) is 0 Å². The predicted octanol–water partition coefficient (Wildman–Crippen LogP) is 13.0. The summed E-state index contributed by atoms with van der Waals surface area (Å²) in [6.07, 6.45) is 30.5. The van der Waals surface area contributed by atoms with E-state index in [2.05, 4.69) is 83.2 Å². The van der Waals surface area contributed by atoms with Crippen molar-refractivity contribution in [1.29, 1.82) is 0 Å². The van der Waals surface area contributed by atoms with E-state index in [1.165, 1.54) is 77.0 Å². The van der Waals surface area contributed by atoms with Crippen molar-refractivity contribution in [3.8, 4) is 0 Å². The maximum Gasteiger partial charge on any atom is 0.220 e. The number of carbonyl (C=O) groups is 3. The Morgan fingerprint density at radius 1 is 0.362 bits per heavy atom. The summed E-state index contributed by atoms with van der Waals surface area (Å²) in [7, 11) is 0. The SMILES string of the molecule is C[C@H](CCC(=O)NCCCN(CCCNC(=O)CC[C@@H](C)[C@H]1CC[C@H]2[C@@H]3[C@@H](O)C[C@@H]4C[C@H](O)CC[C@]4(C)[C@H]3CC[C@]12C)CCCNC(=O)CC[C@@H](C)[C@H]1CC[C@H]2[C@@H]3[C@@H](O)C[C@@H]4C[C@H](O)CC[C@]4(C)[C@H]3CC[C@]12C)[C@H]1CC[C@H]2[C@@H]3[C@@H](O)C[C@@H]4C[C@H](O)CC[C@]4(C)[C@H]3CC[C@]12C. The second kappa shape index (κ2) is 28.9. The van der Waals surface area contributed by atoms with Gasteiger partial charge in [-0.15, -0.1) is 0 Å². The number of rotatable bonds is 24. The molecule has 13 nitrogen and oxygen atoms in total. The van der Waals surface area contributed by atoms with Gasteiger partial charge in [-0.2, -0.15) is 0 Å². The lowest BCUT2D eigenvalue weighted by atomic mass is 9.43. The van der Waals surface area contributed by atoms with Gasteiger partial charge in [-0.05, 0) is 351 Å². The largest absolute Gasteiger partial charge is 0.393 e. The van der Waals surface area contributed by atoms with Crippen molar-refractivity contribution in [3.05, 3.63) is 0 Å². The van der Waals surface area contributed by atoms with Crippen LogP contribution >= 0.6 is 0 Å². The van der Waals surface area contributed by atoms with Crippen LogP contribution in [0.2, 0.25) is 0 Å². The molecule has 9 N–H and O–H groups in total. The van der Waals surface area contributed by atoms with Gasteiger partial charge < -0.3 is 51.5 Å². The Bertz CT molecular complexity index is 2320. The van der Waals surface area contributed by atoms with Crippen LogP contribution in [0.3, 0.4) is 0 Å². The standard InChI is InChI=1S/C81H138N4O9/c1-49(58-16-19-61-73-64(28-34-79(58,61)7)76(4)31-25-55(86)43-52(76)46-67(73)89)13-22-70(92)82-37-10-40-85(41-11-38-83-71(93)23-14-50(2)59-17-20-62-74-65(29-35-80(59,62)8)77(5)32-26-56(87)44-53(77)47-68(74)90)42-12-39-84-72(94)24-15-51(3)60-18-21-63-75-66(30-36-81(60,63)9)78(6)33-27-57(88)45-54(78)48-69(75)91/h49-69,73-75,86-91H,10-48H2,1-9H3,(H,82,92)(H,83,93)(H,84,94)/t49-,50-,51-,52+,53+,54+,55-,56-,57-,58-,59-,60-,61+,62+,63+,64+,65+,66+,67+,68+,69+,73+,74+,75+,76+,77+,78+,79-,80-,81-/m1/s1. The van der Waals surface area contributed by atoms with Crippen LogP contribution in [0.25, 0.3) is 0 Å². The van der Waals surface area contributed by atoms with Crippen LogP contribution in [0, 0.1) is 139 Å². The third-order valence-electron chi connectivity index (χ3n) is 33.6. The first-order valence-corrected chi connectivity index (χ1v) is 40.3. The first-order chi connectivity index (χ1) is 44.7. The molecule has 0 saturated heterocycles. The number of hydrogen-bond donors (Lipinski definition) is 9. The molecular weight excluding hydrogens is 1170 g/mol. The average Bonchev–Trinajstić information content (AvgIpc) is 1.33. The van der Waals surface area contributed by atoms with Crippen molar-refractivity contribution >= 4 is 17.7 Å².